The van der Waals surface area contributed by atoms with Crippen molar-refractivity contribution < 1.29 is 28.5 Å². The first kappa shape index (κ1) is 25.1. The molecule has 9 nitrogen and oxygen atoms in total. The zero-order valence-electron chi connectivity index (χ0n) is 19.1. The number of hydrogen-bond donors (Lipinski definition) is 2. The van der Waals surface area contributed by atoms with E-state index in [9.17, 15) is 9.59 Å². The molecule has 34 heavy (non-hydrogen) atoms. The molecule has 0 radical (unpaired) electrons. The molecule has 3 rings (SSSR count). The largest absolute Gasteiger partial charge is 0.493 e. The van der Waals surface area contributed by atoms with E-state index in [4.69, 9.17) is 18.9 Å². The number of ether oxygens (including phenoxy) is 4. The van der Waals surface area contributed by atoms with Gasteiger partial charge in [-0.3, -0.25) is 9.59 Å². The molecule has 1 aliphatic heterocycles. The van der Waals surface area contributed by atoms with E-state index in [-0.39, 0.29) is 12.7 Å². The summed E-state index contributed by atoms with van der Waals surface area (Å²) in [6.07, 6.45) is 3.10. The highest BCUT2D eigenvalue weighted by Gasteiger charge is 2.25. The number of carbonyl (C=O) groups is 2. The predicted molar refractivity (Wildman–Crippen MR) is 131 cm³/mol. The van der Waals surface area contributed by atoms with Crippen LogP contribution in [0.2, 0.25) is 0 Å². The van der Waals surface area contributed by atoms with Crippen molar-refractivity contribution in [3.8, 4) is 23.0 Å². The molecular formula is C24H26BrN3O6. The van der Waals surface area contributed by atoms with E-state index in [1.165, 1.54) is 13.3 Å². The molecule has 10 heteroatoms. The Hall–Kier alpha value is -3.53. The highest BCUT2D eigenvalue weighted by Crippen LogP contribution is 2.36. The Morgan fingerprint density at radius 3 is 2.71 bits per heavy atom. The second-order valence-electron chi connectivity index (χ2n) is 7.63. The summed E-state index contributed by atoms with van der Waals surface area (Å²) in [5.74, 6) is 1.08. The Bertz CT molecular complexity index is 1100. The summed E-state index contributed by atoms with van der Waals surface area (Å²) in [5, 5.41) is 6.79. The van der Waals surface area contributed by atoms with E-state index in [0.717, 1.165) is 0 Å². The topological polar surface area (TPSA) is 107 Å². The van der Waals surface area contributed by atoms with Gasteiger partial charge in [-0.1, -0.05) is 26.5 Å². The Morgan fingerprint density at radius 2 is 2.00 bits per heavy atom. The zero-order chi connectivity index (χ0) is 24.7. The minimum absolute atomic E-state index is 0.114. The lowest BCUT2D eigenvalue weighted by Gasteiger charge is -2.20. The standard InChI is InChI=1S/C24H26BrN3O6/c1-5-8-32-22-17(25)9-15(10-20(22)31-4)12-26-28-24(30)21(14(2)3)27-23(29)16-6-7-18-19(11-16)34-13-33-18/h5-7,9-12,14,21H,1,8,13H2,2-4H3,(H,27,29)(H,28,30)/b26-12+. The molecule has 0 spiro atoms. The van der Waals surface area contributed by atoms with Gasteiger partial charge in [0.25, 0.3) is 11.8 Å². The third-order valence-electron chi connectivity index (χ3n) is 4.86. The van der Waals surface area contributed by atoms with Crippen LogP contribution >= 0.6 is 15.9 Å². The molecule has 0 saturated carbocycles. The number of fused-ring (bicyclic) bond motifs is 1. The maximum absolute atomic E-state index is 12.7. The van der Waals surface area contributed by atoms with Crippen molar-refractivity contribution in [3.05, 3.63) is 58.6 Å². The van der Waals surface area contributed by atoms with E-state index in [0.29, 0.717) is 45.2 Å². The number of amides is 2. The van der Waals surface area contributed by atoms with Gasteiger partial charge in [0.1, 0.15) is 12.6 Å². The Kier molecular flexibility index (Phi) is 8.53. The van der Waals surface area contributed by atoms with Crippen LogP contribution in [0, 0.1) is 5.92 Å². The van der Waals surface area contributed by atoms with Crippen LogP contribution in [-0.2, 0) is 4.79 Å². The van der Waals surface area contributed by atoms with Gasteiger partial charge >= 0.3 is 0 Å². The van der Waals surface area contributed by atoms with Gasteiger partial charge in [-0.2, -0.15) is 5.10 Å². The van der Waals surface area contributed by atoms with Crippen LogP contribution in [0.25, 0.3) is 0 Å². The van der Waals surface area contributed by atoms with Gasteiger partial charge in [0.05, 0.1) is 17.8 Å². The molecule has 0 fully saturated rings. The first-order valence-electron chi connectivity index (χ1n) is 10.5. The van der Waals surface area contributed by atoms with Crippen LogP contribution < -0.4 is 29.7 Å². The fraction of sp³-hybridized carbons (Fsp3) is 0.292. The summed E-state index contributed by atoms with van der Waals surface area (Å²) >= 11 is 3.45. The van der Waals surface area contributed by atoms with Crippen molar-refractivity contribution in [2.24, 2.45) is 11.0 Å². The van der Waals surface area contributed by atoms with Gasteiger partial charge in [-0.25, -0.2) is 5.43 Å². The number of methoxy groups -OCH3 is 1. The molecule has 1 atom stereocenters. The van der Waals surface area contributed by atoms with E-state index in [1.807, 2.05) is 13.8 Å². The molecular weight excluding hydrogens is 506 g/mol. The summed E-state index contributed by atoms with van der Waals surface area (Å²) in [7, 11) is 1.53. The quantitative estimate of drug-likeness (QED) is 0.275. The number of halogens is 1. The predicted octanol–water partition coefficient (Wildman–Crippen LogP) is 3.66. The number of hydrazone groups is 1. The highest BCUT2D eigenvalue weighted by atomic mass is 79.9. The van der Waals surface area contributed by atoms with Crippen molar-refractivity contribution in [2.75, 3.05) is 20.5 Å². The molecule has 0 aromatic heterocycles. The number of hydrogen-bond acceptors (Lipinski definition) is 7. The van der Waals surface area contributed by atoms with Gasteiger partial charge in [0, 0.05) is 5.56 Å². The fourth-order valence-electron chi connectivity index (χ4n) is 3.13. The maximum Gasteiger partial charge on any atom is 0.262 e. The normalized spacial score (nSPS) is 13.0. The van der Waals surface area contributed by atoms with Gasteiger partial charge in [-0.15, -0.1) is 0 Å². The molecule has 2 amide bonds. The summed E-state index contributed by atoms with van der Waals surface area (Å²) in [6.45, 7) is 7.73. The number of benzene rings is 2. The first-order chi connectivity index (χ1) is 16.3. The molecule has 2 aromatic rings. The van der Waals surface area contributed by atoms with Crippen molar-refractivity contribution in [2.45, 2.75) is 19.9 Å². The van der Waals surface area contributed by atoms with Crippen molar-refractivity contribution >= 4 is 34.0 Å². The monoisotopic (exact) mass is 531 g/mol. The molecule has 2 aromatic carbocycles. The number of nitrogens with one attached hydrogen (secondary N) is 2. The molecule has 0 aliphatic carbocycles. The van der Waals surface area contributed by atoms with Crippen LogP contribution in [0.3, 0.4) is 0 Å². The molecule has 1 aliphatic rings. The average Bonchev–Trinajstić information content (AvgIpc) is 3.29. The Labute approximate surface area is 206 Å². The van der Waals surface area contributed by atoms with E-state index in [1.54, 1.807) is 36.4 Å². The fourth-order valence-corrected chi connectivity index (χ4v) is 3.71. The van der Waals surface area contributed by atoms with Crippen LogP contribution in [0.15, 0.2) is 52.6 Å². The molecule has 0 bridgehead atoms. The number of nitrogens with zero attached hydrogens (tertiary/aromatic N) is 1. The molecule has 2 N–H and O–H groups in total. The van der Waals surface area contributed by atoms with Crippen molar-refractivity contribution in [1.29, 1.82) is 0 Å². The first-order valence-corrected chi connectivity index (χ1v) is 11.3. The third kappa shape index (κ3) is 6.07. The minimum atomic E-state index is -0.800. The van der Waals surface area contributed by atoms with Crippen LogP contribution in [0.1, 0.15) is 29.8 Å². The van der Waals surface area contributed by atoms with E-state index >= 15 is 0 Å². The van der Waals surface area contributed by atoms with Crippen LogP contribution in [0.5, 0.6) is 23.0 Å². The van der Waals surface area contributed by atoms with Gasteiger partial charge in [0.15, 0.2) is 23.0 Å². The minimum Gasteiger partial charge on any atom is -0.493 e. The summed E-state index contributed by atoms with van der Waals surface area (Å²) < 4.78 is 22.2. The van der Waals surface area contributed by atoms with Gasteiger partial charge in [0.2, 0.25) is 6.79 Å². The smallest absolute Gasteiger partial charge is 0.262 e. The second kappa shape index (κ2) is 11.6. The Morgan fingerprint density at radius 1 is 1.24 bits per heavy atom. The zero-order valence-corrected chi connectivity index (χ0v) is 20.7. The lowest BCUT2D eigenvalue weighted by atomic mass is 10.0. The SMILES string of the molecule is C=CCOc1c(Br)cc(/C=N/NC(=O)C(NC(=O)c2ccc3c(c2)OCO3)C(C)C)cc1OC. The van der Waals surface area contributed by atoms with Crippen LogP contribution in [-0.4, -0.2) is 44.6 Å². The Balaban J connectivity index is 1.66. The van der Waals surface area contributed by atoms with Gasteiger partial charge < -0.3 is 24.3 Å². The molecule has 1 heterocycles. The van der Waals surface area contributed by atoms with E-state index < -0.39 is 17.9 Å². The number of rotatable bonds is 10. The third-order valence-corrected chi connectivity index (χ3v) is 5.45. The summed E-state index contributed by atoms with van der Waals surface area (Å²) in [4.78, 5) is 25.5. The summed E-state index contributed by atoms with van der Waals surface area (Å²) in [5.41, 5.74) is 3.52. The average molecular weight is 532 g/mol. The molecule has 1 unspecified atom stereocenters. The van der Waals surface area contributed by atoms with Crippen molar-refractivity contribution in [3.63, 3.8) is 0 Å². The van der Waals surface area contributed by atoms with Crippen LogP contribution in [0.4, 0.5) is 0 Å². The number of carbonyl (C=O) groups excluding carboxylic acids is 2. The lowest BCUT2D eigenvalue weighted by molar-refractivity contribution is -0.123. The van der Waals surface area contributed by atoms with Gasteiger partial charge in [-0.05, 0) is 57.7 Å². The van der Waals surface area contributed by atoms with E-state index in [2.05, 4.69) is 38.4 Å². The molecule has 180 valence electrons. The lowest BCUT2D eigenvalue weighted by Crippen LogP contribution is -2.48. The second-order valence-corrected chi connectivity index (χ2v) is 8.49. The maximum atomic E-state index is 12.7. The molecule has 0 saturated heterocycles. The summed E-state index contributed by atoms with van der Waals surface area (Å²) in [6, 6.07) is 7.55. The highest BCUT2D eigenvalue weighted by molar-refractivity contribution is 9.10. The van der Waals surface area contributed by atoms with Crippen molar-refractivity contribution in [1.82, 2.24) is 10.7 Å².